The third kappa shape index (κ3) is 10.6. The summed E-state index contributed by atoms with van der Waals surface area (Å²) in [4.78, 5) is 77.9. The van der Waals surface area contributed by atoms with Crippen molar-refractivity contribution in [2.45, 2.75) is 97.2 Å². The Morgan fingerprint density at radius 2 is 1.59 bits per heavy atom. The first-order chi connectivity index (χ1) is 28.1. The molecule has 2 N–H and O–H groups in total. The molecule has 4 aliphatic heterocycles. The minimum atomic E-state index is -1.08. The number of hydrogen-bond acceptors (Lipinski definition) is 10. The van der Waals surface area contributed by atoms with Crippen LogP contribution in [0.2, 0.25) is 0 Å². The number of anilines is 1. The highest BCUT2D eigenvalue weighted by molar-refractivity contribution is 5.91. The summed E-state index contributed by atoms with van der Waals surface area (Å²) in [7, 11) is 0. The van der Waals surface area contributed by atoms with Gasteiger partial charge in [0, 0.05) is 83.1 Å². The molecule has 7 rings (SSSR count). The average Bonchev–Trinajstić information content (AvgIpc) is 3.54. The Labute approximate surface area is 340 Å². The fourth-order valence-corrected chi connectivity index (χ4v) is 8.61. The first kappa shape index (κ1) is 42.7. The van der Waals surface area contributed by atoms with Crippen LogP contribution in [0.15, 0.2) is 45.6 Å². The van der Waals surface area contributed by atoms with Crippen molar-refractivity contribution in [2.75, 3.05) is 77.4 Å². The number of aromatic amines is 1. The number of nitrogens with one attached hydrogen (secondary N) is 2. The quantitative estimate of drug-likeness (QED) is 0.199. The van der Waals surface area contributed by atoms with Crippen LogP contribution in [-0.2, 0) is 31.9 Å². The molecule has 3 saturated heterocycles. The van der Waals surface area contributed by atoms with E-state index in [0.29, 0.717) is 88.9 Å². The van der Waals surface area contributed by atoms with E-state index >= 15 is 0 Å². The minimum absolute atomic E-state index is 0.0212. The third-order valence-corrected chi connectivity index (χ3v) is 11.8. The lowest BCUT2D eigenvalue weighted by Crippen LogP contribution is -2.57. The molecular weight excluding hydrogens is 743 g/mol. The standard InChI is InChI=1S/C41H55N7O8.C2H6/c1-3-4-23-54-36(49)27-44-14-10-31(11-15-44)45-19-21-46(22-20-45)38(50)35(26-29-24-28(2)37-34(25-29)55-40(52)43-37)56-41(53)47-16-12-32(13-17-47)48-18-9-30-7-5-6-8-33(30)42-39(48)51;1-2/h5-8,24-25,31-32,35H,3-4,9-23,26-27H2,1-2H3,(H,42,51)(H,43,52);1-2H3/t35-;/m1./s1. The number of unbranched alkanes of at least 4 members (excludes halogenated alkanes) is 1. The highest BCUT2D eigenvalue weighted by Crippen LogP contribution is 2.26. The Balaban J connectivity index is 0.00000279. The van der Waals surface area contributed by atoms with E-state index in [2.05, 4.69) is 27.0 Å². The number of hydrogen-bond donors (Lipinski definition) is 2. The van der Waals surface area contributed by atoms with Gasteiger partial charge in [0.25, 0.3) is 5.91 Å². The van der Waals surface area contributed by atoms with Gasteiger partial charge in [-0.25, -0.2) is 14.4 Å². The lowest BCUT2D eigenvalue weighted by Gasteiger charge is -2.43. The molecule has 5 heterocycles. The third-order valence-electron chi connectivity index (χ3n) is 11.8. The number of likely N-dealkylation sites (tertiary alicyclic amines) is 2. The zero-order valence-electron chi connectivity index (χ0n) is 34.6. The van der Waals surface area contributed by atoms with Gasteiger partial charge in [-0.05, 0) is 74.3 Å². The number of rotatable bonds is 11. The number of urea groups is 1. The molecule has 4 aliphatic rings. The van der Waals surface area contributed by atoms with Crippen LogP contribution in [0.4, 0.5) is 15.3 Å². The number of piperidine rings is 2. The molecule has 316 valence electrons. The molecule has 2 aromatic carbocycles. The minimum Gasteiger partial charge on any atom is -0.465 e. The number of amides is 4. The molecule has 3 aromatic rings. The second-order valence-electron chi connectivity index (χ2n) is 15.6. The highest BCUT2D eigenvalue weighted by Gasteiger charge is 2.36. The van der Waals surface area contributed by atoms with Gasteiger partial charge in [-0.2, -0.15) is 0 Å². The van der Waals surface area contributed by atoms with E-state index in [1.807, 2.05) is 56.0 Å². The summed E-state index contributed by atoms with van der Waals surface area (Å²) >= 11 is 0. The summed E-state index contributed by atoms with van der Waals surface area (Å²) in [5, 5.41) is 3.04. The number of oxazole rings is 1. The van der Waals surface area contributed by atoms with E-state index in [4.69, 9.17) is 13.9 Å². The predicted molar refractivity (Wildman–Crippen MR) is 221 cm³/mol. The van der Waals surface area contributed by atoms with Gasteiger partial charge in [0.05, 0.1) is 18.7 Å². The van der Waals surface area contributed by atoms with Crippen LogP contribution in [0.3, 0.4) is 0 Å². The fraction of sp³-hybridized carbons (Fsp3) is 0.605. The molecule has 1 atom stereocenters. The number of carbonyl (C=O) groups excluding carboxylic acids is 4. The van der Waals surface area contributed by atoms with Gasteiger partial charge >= 0.3 is 23.8 Å². The van der Waals surface area contributed by atoms with Gasteiger partial charge in [-0.1, -0.05) is 51.5 Å². The van der Waals surface area contributed by atoms with Gasteiger partial charge in [-0.15, -0.1) is 0 Å². The molecule has 0 unspecified atom stereocenters. The maximum absolute atomic E-state index is 14.2. The molecule has 3 fully saturated rings. The Hall–Kier alpha value is -4.89. The van der Waals surface area contributed by atoms with Crippen LogP contribution in [0.1, 0.15) is 76.0 Å². The molecule has 1 aromatic heterocycles. The number of ether oxygens (including phenoxy) is 2. The molecule has 0 radical (unpaired) electrons. The van der Waals surface area contributed by atoms with Crippen molar-refractivity contribution in [2.24, 2.45) is 0 Å². The van der Waals surface area contributed by atoms with Gasteiger partial charge in [-0.3, -0.25) is 24.4 Å². The number of nitrogens with zero attached hydrogens (tertiary/aromatic N) is 5. The van der Waals surface area contributed by atoms with Crippen molar-refractivity contribution in [1.29, 1.82) is 0 Å². The van der Waals surface area contributed by atoms with Crippen molar-refractivity contribution in [3.63, 3.8) is 0 Å². The zero-order valence-corrected chi connectivity index (χ0v) is 34.6. The van der Waals surface area contributed by atoms with Crippen LogP contribution in [-0.4, -0.2) is 144 Å². The summed E-state index contributed by atoms with van der Waals surface area (Å²) in [5.41, 5.74) is 4.43. The van der Waals surface area contributed by atoms with E-state index in [1.165, 1.54) is 0 Å². The molecule has 58 heavy (non-hydrogen) atoms. The van der Waals surface area contributed by atoms with Crippen molar-refractivity contribution < 1.29 is 33.1 Å². The van der Waals surface area contributed by atoms with Crippen molar-refractivity contribution in [1.82, 2.24) is 29.5 Å². The molecule has 0 aliphatic carbocycles. The fourth-order valence-electron chi connectivity index (χ4n) is 8.61. The lowest BCUT2D eigenvalue weighted by molar-refractivity contribution is -0.145. The highest BCUT2D eigenvalue weighted by atomic mass is 16.6. The number of fused-ring (bicyclic) bond motifs is 2. The maximum atomic E-state index is 14.2. The van der Waals surface area contributed by atoms with Crippen molar-refractivity contribution in [3.8, 4) is 0 Å². The van der Waals surface area contributed by atoms with Crippen LogP contribution in [0.25, 0.3) is 11.1 Å². The molecule has 0 bridgehead atoms. The second-order valence-corrected chi connectivity index (χ2v) is 15.6. The second kappa shape index (κ2) is 20.2. The number of esters is 1. The summed E-state index contributed by atoms with van der Waals surface area (Å²) in [5.74, 6) is -0.971. The Morgan fingerprint density at radius 1 is 0.879 bits per heavy atom. The summed E-state index contributed by atoms with van der Waals surface area (Å²) < 4.78 is 16.8. The van der Waals surface area contributed by atoms with Crippen molar-refractivity contribution >= 4 is 40.8 Å². The van der Waals surface area contributed by atoms with E-state index < -0.39 is 18.0 Å². The SMILES string of the molecule is CC.CCCCOC(=O)CN1CCC(N2CCN(C(=O)[C@@H](Cc3cc(C)c4[nH]c(=O)oc4c3)OC(=O)N3CCC(N4CCc5ccccc5NC4=O)CC3)CC2)CC1. The lowest BCUT2D eigenvalue weighted by atomic mass is 10.0. The zero-order chi connectivity index (χ0) is 41.2. The summed E-state index contributed by atoms with van der Waals surface area (Å²) in [6, 6.07) is 11.7. The number of piperazine rings is 1. The molecular formula is C43H61N7O8. The van der Waals surface area contributed by atoms with Crippen LogP contribution in [0, 0.1) is 6.92 Å². The van der Waals surface area contributed by atoms with E-state index in [9.17, 15) is 24.0 Å². The van der Waals surface area contributed by atoms with E-state index in [-0.39, 0.29) is 30.4 Å². The van der Waals surface area contributed by atoms with Crippen LogP contribution in [0.5, 0.6) is 0 Å². The number of para-hydroxylation sites is 1. The van der Waals surface area contributed by atoms with Gasteiger partial charge < -0.3 is 33.9 Å². The Bertz CT molecular complexity index is 1920. The van der Waals surface area contributed by atoms with Gasteiger partial charge in [0.2, 0.25) is 0 Å². The van der Waals surface area contributed by atoms with Gasteiger partial charge in [0.15, 0.2) is 11.7 Å². The van der Waals surface area contributed by atoms with Crippen LogP contribution >= 0.6 is 0 Å². The molecule has 0 saturated carbocycles. The Kier molecular flexibility index (Phi) is 14.9. The summed E-state index contributed by atoms with van der Waals surface area (Å²) in [6.45, 7) is 14.2. The topological polar surface area (TPSA) is 161 Å². The van der Waals surface area contributed by atoms with E-state index in [1.54, 1.807) is 15.9 Å². The molecule has 15 nitrogen and oxygen atoms in total. The number of H-pyrrole nitrogens is 1. The van der Waals surface area contributed by atoms with Crippen molar-refractivity contribution in [3.05, 3.63) is 63.6 Å². The monoisotopic (exact) mass is 803 g/mol. The largest absolute Gasteiger partial charge is 0.465 e. The predicted octanol–water partition coefficient (Wildman–Crippen LogP) is 5.01. The normalized spacial score (nSPS) is 19.1. The number of aromatic nitrogens is 1. The number of benzene rings is 2. The smallest absolute Gasteiger partial charge is 0.417 e. The molecule has 0 spiro atoms. The average molecular weight is 804 g/mol. The number of carbonyl (C=O) groups is 4. The molecule has 15 heteroatoms. The Morgan fingerprint density at radius 3 is 2.31 bits per heavy atom. The summed E-state index contributed by atoms with van der Waals surface area (Å²) in [6.07, 6.45) is 4.21. The van der Waals surface area contributed by atoms with Gasteiger partial charge in [0.1, 0.15) is 0 Å². The van der Waals surface area contributed by atoms with E-state index in [0.717, 1.165) is 67.6 Å². The van der Waals surface area contributed by atoms with Crippen LogP contribution < -0.4 is 11.1 Å². The first-order valence-corrected chi connectivity index (χ1v) is 21.3. The molecule has 4 amide bonds. The maximum Gasteiger partial charge on any atom is 0.417 e. The number of aryl methyl sites for hydroxylation is 1. The first-order valence-electron chi connectivity index (χ1n) is 21.3.